The van der Waals surface area contributed by atoms with Gasteiger partial charge >= 0.3 is 11.8 Å². The maximum Gasteiger partial charge on any atom is 0.417 e. The van der Waals surface area contributed by atoms with E-state index in [0.717, 1.165) is 6.07 Å². The zero-order chi connectivity index (χ0) is 16.8. The Hall–Kier alpha value is -3.62. The van der Waals surface area contributed by atoms with E-state index in [9.17, 15) is 25.0 Å². The summed E-state index contributed by atoms with van der Waals surface area (Å²) in [7, 11) is 0. The molecule has 2 aromatic carbocycles. The third-order valence-corrected chi connectivity index (χ3v) is 2.71. The number of nitro benzene ring substituents is 1. The number of rotatable bonds is 4. The molecule has 9 heteroatoms. The monoisotopic (exact) mass is 315 g/mol. The Morgan fingerprint density at radius 2 is 1.61 bits per heavy atom. The fourth-order valence-corrected chi connectivity index (χ4v) is 1.66. The van der Waals surface area contributed by atoms with E-state index in [-0.39, 0.29) is 16.8 Å². The molecule has 0 unspecified atom stereocenters. The summed E-state index contributed by atoms with van der Waals surface area (Å²) >= 11 is 0. The zero-order valence-electron chi connectivity index (χ0n) is 11.5. The number of amidine groups is 1. The zero-order valence-corrected chi connectivity index (χ0v) is 11.5. The van der Waals surface area contributed by atoms with Crippen LogP contribution in [0.25, 0.3) is 0 Å². The molecule has 0 spiro atoms. The van der Waals surface area contributed by atoms with Crippen molar-refractivity contribution in [2.24, 2.45) is 5.16 Å². The maximum atomic E-state index is 11.7. The van der Waals surface area contributed by atoms with Crippen molar-refractivity contribution in [2.45, 2.75) is 0 Å². The first-order valence-corrected chi connectivity index (χ1v) is 6.22. The SMILES string of the molecule is O=C(O/N=C(\c1cccc([N+](=O)[O-])c1)[N+](=O)[O-])c1ccccc1. The highest BCUT2D eigenvalue weighted by molar-refractivity contribution is 5.94. The lowest BCUT2D eigenvalue weighted by atomic mass is 10.2. The second-order valence-electron chi connectivity index (χ2n) is 4.22. The van der Waals surface area contributed by atoms with E-state index in [4.69, 9.17) is 0 Å². The first-order chi connectivity index (χ1) is 11.0. The van der Waals surface area contributed by atoms with Crippen LogP contribution in [0, 0.1) is 20.2 Å². The van der Waals surface area contributed by atoms with Gasteiger partial charge in [0.1, 0.15) is 0 Å². The third kappa shape index (κ3) is 3.94. The Labute approximate surface area is 129 Å². The average Bonchev–Trinajstić information content (AvgIpc) is 2.55. The van der Waals surface area contributed by atoms with Gasteiger partial charge < -0.3 is 10.1 Å². The Morgan fingerprint density at radius 3 is 2.22 bits per heavy atom. The number of carbonyl (C=O) groups excluding carboxylic acids is 1. The Kier molecular flexibility index (Phi) is 4.72. The minimum absolute atomic E-state index is 0.148. The van der Waals surface area contributed by atoms with Crippen LogP contribution in [-0.2, 0) is 4.84 Å². The molecule has 0 saturated carbocycles. The van der Waals surface area contributed by atoms with E-state index in [1.165, 1.54) is 30.3 Å². The average molecular weight is 315 g/mol. The summed E-state index contributed by atoms with van der Waals surface area (Å²) < 4.78 is 0. The molecule has 0 aliphatic rings. The molecule has 0 radical (unpaired) electrons. The molecular formula is C14H9N3O6. The van der Waals surface area contributed by atoms with Crippen LogP contribution in [-0.4, -0.2) is 21.7 Å². The molecule has 0 atom stereocenters. The van der Waals surface area contributed by atoms with Crippen LogP contribution in [0.1, 0.15) is 15.9 Å². The van der Waals surface area contributed by atoms with Gasteiger partial charge in [0.15, 0.2) is 5.16 Å². The first kappa shape index (κ1) is 15.8. The van der Waals surface area contributed by atoms with Gasteiger partial charge in [-0.3, -0.25) is 10.1 Å². The van der Waals surface area contributed by atoms with Gasteiger partial charge in [-0.1, -0.05) is 24.3 Å². The highest BCUT2D eigenvalue weighted by Crippen LogP contribution is 2.14. The van der Waals surface area contributed by atoms with Crippen LogP contribution in [0.4, 0.5) is 5.69 Å². The van der Waals surface area contributed by atoms with E-state index in [2.05, 4.69) is 9.99 Å². The summed E-state index contributed by atoms with van der Waals surface area (Å²) in [5, 5.41) is 25.0. The molecule has 2 rings (SSSR count). The van der Waals surface area contributed by atoms with Crippen molar-refractivity contribution in [3.05, 3.63) is 86.0 Å². The maximum absolute atomic E-state index is 11.7. The highest BCUT2D eigenvalue weighted by atomic mass is 16.7. The second kappa shape index (κ2) is 6.89. The summed E-state index contributed by atoms with van der Waals surface area (Å²) in [5.74, 6) is -1.69. The lowest BCUT2D eigenvalue weighted by Crippen LogP contribution is -2.15. The van der Waals surface area contributed by atoms with Crippen molar-refractivity contribution < 1.29 is 19.5 Å². The van der Waals surface area contributed by atoms with Crippen molar-refractivity contribution in [2.75, 3.05) is 0 Å². The summed E-state index contributed by atoms with van der Waals surface area (Å²) in [5.41, 5.74) is -0.325. The molecule has 0 bridgehead atoms. The molecule has 116 valence electrons. The van der Waals surface area contributed by atoms with Crippen LogP contribution in [0.2, 0.25) is 0 Å². The van der Waals surface area contributed by atoms with Crippen molar-refractivity contribution in [1.29, 1.82) is 0 Å². The van der Waals surface area contributed by atoms with Crippen LogP contribution in [0.3, 0.4) is 0 Å². The molecule has 0 aliphatic heterocycles. The minimum Gasteiger partial charge on any atom is -0.358 e. The summed E-state index contributed by atoms with van der Waals surface area (Å²) in [6, 6.07) is 12.5. The Morgan fingerprint density at radius 1 is 0.957 bits per heavy atom. The number of carbonyl (C=O) groups is 1. The Bertz CT molecular complexity index is 788. The fourth-order valence-electron chi connectivity index (χ4n) is 1.66. The molecule has 23 heavy (non-hydrogen) atoms. The molecule has 0 aliphatic carbocycles. The molecule has 0 fully saturated rings. The first-order valence-electron chi connectivity index (χ1n) is 6.22. The number of hydrogen-bond donors (Lipinski definition) is 0. The lowest BCUT2D eigenvalue weighted by molar-refractivity contribution is -0.385. The molecule has 2 aromatic rings. The molecule has 9 nitrogen and oxygen atoms in total. The van der Waals surface area contributed by atoms with Gasteiger partial charge in [-0.2, -0.15) is 0 Å². The van der Waals surface area contributed by atoms with Crippen molar-refractivity contribution in [1.82, 2.24) is 0 Å². The number of benzene rings is 2. The van der Waals surface area contributed by atoms with Gasteiger partial charge in [0, 0.05) is 12.1 Å². The smallest absolute Gasteiger partial charge is 0.358 e. The lowest BCUT2D eigenvalue weighted by Gasteiger charge is -1.98. The number of nitro groups is 2. The molecule has 0 saturated heterocycles. The van der Waals surface area contributed by atoms with Gasteiger partial charge in [0.2, 0.25) is 0 Å². The van der Waals surface area contributed by atoms with Crippen molar-refractivity contribution in [3.8, 4) is 0 Å². The standard InChI is InChI=1S/C14H9N3O6/c18-14(10-5-2-1-3-6-10)23-15-13(17(21)22)11-7-4-8-12(9-11)16(19)20/h1-9H/b15-13+. The van der Waals surface area contributed by atoms with Gasteiger partial charge in [-0.05, 0) is 23.1 Å². The fraction of sp³-hybridized carbons (Fsp3) is 0. The number of non-ortho nitro benzene ring substituents is 1. The molecule has 0 aromatic heterocycles. The molecule has 0 heterocycles. The van der Waals surface area contributed by atoms with Crippen LogP contribution < -0.4 is 0 Å². The van der Waals surface area contributed by atoms with E-state index in [1.54, 1.807) is 18.2 Å². The van der Waals surface area contributed by atoms with Gasteiger partial charge in [-0.15, -0.1) is 0 Å². The normalized spacial score (nSPS) is 10.9. The quantitative estimate of drug-likeness (QED) is 0.280. The van der Waals surface area contributed by atoms with Crippen LogP contribution in [0.15, 0.2) is 59.8 Å². The van der Waals surface area contributed by atoms with Crippen molar-refractivity contribution in [3.63, 3.8) is 0 Å². The third-order valence-electron chi connectivity index (χ3n) is 2.71. The van der Waals surface area contributed by atoms with Crippen molar-refractivity contribution >= 4 is 17.5 Å². The molecule has 0 amide bonds. The highest BCUT2D eigenvalue weighted by Gasteiger charge is 2.22. The topological polar surface area (TPSA) is 125 Å². The van der Waals surface area contributed by atoms with Crippen LogP contribution >= 0.6 is 0 Å². The summed E-state index contributed by atoms with van der Waals surface area (Å²) in [6.45, 7) is 0. The number of nitrogens with zero attached hydrogens (tertiary/aromatic N) is 3. The van der Waals surface area contributed by atoms with Gasteiger partial charge in [0.25, 0.3) is 5.69 Å². The predicted molar refractivity (Wildman–Crippen MR) is 78.5 cm³/mol. The predicted octanol–water partition coefficient (Wildman–Crippen LogP) is 2.39. The second-order valence-corrected chi connectivity index (χ2v) is 4.22. The minimum atomic E-state index is -0.892. The molecular weight excluding hydrogens is 306 g/mol. The van der Waals surface area contributed by atoms with Gasteiger partial charge in [0.05, 0.1) is 16.1 Å². The summed E-state index contributed by atoms with van der Waals surface area (Å²) in [6.07, 6.45) is 0. The largest absolute Gasteiger partial charge is 0.417 e. The Balaban J connectivity index is 2.28. The van der Waals surface area contributed by atoms with E-state index >= 15 is 0 Å². The van der Waals surface area contributed by atoms with E-state index in [0.29, 0.717) is 0 Å². The summed E-state index contributed by atoms with van der Waals surface area (Å²) in [4.78, 5) is 36.4. The van der Waals surface area contributed by atoms with E-state index < -0.39 is 21.7 Å². The number of hydrogen-bond acceptors (Lipinski definition) is 7. The molecule has 0 N–H and O–H groups in total. The van der Waals surface area contributed by atoms with E-state index in [1.807, 2.05) is 0 Å². The van der Waals surface area contributed by atoms with Gasteiger partial charge in [-0.25, -0.2) is 9.63 Å². The van der Waals surface area contributed by atoms with Crippen LogP contribution in [0.5, 0.6) is 0 Å². The number of oxime groups is 1.